The number of benzene rings is 1. The van der Waals surface area contributed by atoms with Crippen LogP contribution < -0.4 is 4.90 Å². The highest BCUT2D eigenvalue weighted by Gasteiger charge is 2.21. The van der Waals surface area contributed by atoms with Crippen LogP contribution in [0.25, 0.3) is 0 Å². The van der Waals surface area contributed by atoms with Crippen LogP contribution in [0.2, 0.25) is 0 Å². The molecule has 7 nitrogen and oxygen atoms in total. The van der Waals surface area contributed by atoms with E-state index >= 15 is 0 Å². The molecule has 0 radical (unpaired) electrons. The average molecular weight is 418 g/mol. The van der Waals surface area contributed by atoms with E-state index in [4.69, 9.17) is 4.98 Å². The number of rotatable bonds is 6. The molecule has 29 heavy (non-hydrogen) atoms. The Morgan fingerprint density at radius 2 is 1.76 bits per heavy atom. The summed E-state index contributed by atoms with van der Waals surface area (Å²) in [6, 6.07) is 9.30. The number of nitrogens with zero attached hydrogens (tertiary/aromatic N) is 5. The predicted molar refractivity (Wildman–Crippen MR) is 116 cm³/mol. The average Bonchev–Trinajstić information content (AvgIpc) is 2.68. The summed E-state index contributed by atoms with van der Waals surface area (Å²) in [5.41, 5.74) is 2.02. The Labute approximate surface area is 174 Å². The van der Waals surface area contributed by atoms with Crippen molar-refractivity contribution >= 4 is 15.8 Å². The van der Waals surface area contributed by atoms with Crippen LogP contribution in [-0.4, -0.2) is 67.9 Å². The van der Waals surface area contributed by atoms with E-state index in [9.17, 15) is 8.42 Å². The minimum absolute atomic E-state index is 0.306. The summed E-state index contributed by atoms with van der Waals surface area (Å²) in [6.45, 7) is 10.6. The number of hydrogen-bond donors (Lipinski definition) is 0. The zero-order valence-electron chi connectivity index (χ0n) is 18.0. The van der Waals surface area contributed by atoms with Gasteiger partial charge in [0.25, 0.3) is 0 Å². The SMILES string of the molecule is Cc1cc(N2CCN(Cc3cccc(S(=O)(=O)N(C)C)c3)CC2)nc(C(C)C)n1. The molecular weight excluding hydrogens is 386 g/mol. The number of aromatic nitrogens is 2. The van der Waals surface area contributed by atoms with Crippen molar-refractivity contribution in [3.63, 3.8) is 0 Å². The van der Waals surface area contributed by atoms with E-state index in [0.717, 1.165) is 55.6 Å². The van der Waals surface area contributed by atoms with Crippen LogP contribution in [0, 0.1) is 6.92 Å². The Kier molecular flexibility index (Phi) is 6.55. The topological polar surface area (TPSA) is 69.6 Å². The fourth-order valence-corrected chi connectivity index (χ4v) is 4.38. The van der Waals surface area contributed by atoms with Gasteiger partial charge < -0.3 is 4.90 Å². The third kappa shape index (κ3) is 5.12. The van der Waals surface area contributed by atoms with E-state index in [1.165, 1.54) is 4.31 Å². The smallest absolute Gasteiger partial charge is 0.242 e. The summed E-state index contributed by atoms with van der Waals surface area (Å²) in [7, 11) is -0.295. The van der Waals surface area contributed by atoms with Crippen LogP contribution in [0.1, 0.15) is 36.8 Å². The Balaban J connectivity index is 1.65. The molecule has 0 N–H and O–H groups in total. The van der Waals surface area contributed by atoms with Crippen molar-refractivity contribution < 1.29 is 8.42 Å². The first kappa shape index (κ1) is 21.7. The van der Waals surface area contributed by atoms with Gasteiger partial charge in [0.2, 0.25) is 10.0 Å². The third-order valence-corrected chi connectivity index (χ3v) is 6.96. The minimum Gasteiger partial charge on any atom is -0.354 e. The lowest BCUT2D eigenvalue weighted by Crippen LogP contribution is -2.46. The molecule has 0 atom stereocenters. The van der Waals surface area contributed by atoms with Gasteiger partial charge in [0.1, 0.15) is 11.6 Å². The summed E-state index contributed by atoms with van der Waals surface area (Å²) in [5.74, 6) is 2.20. The highest BCUT2D eigenvalue weighted by molar-refractivity contribution is 7.89. The first-order valence-electron chi connectivity index (χ1n) is 10.0. The second-order valence-electron chi connectivity index (χ2n) is 8.08. The number of anilines is 1. The molecule has 2 aromatic rings. The highest BCUT2D eigenvalue weighted by Crippen LogP contribution is 2.20. The van der Waals surface area contributed by atoms with Crippen molar-refractivity contribution in [1.82, 2.24) is 19.2 Å². The van der Waals surface area contributed by atoms with Gasteiger partial charge in [-0.1, -0.05) is 26.0 Å². The number of hydrogen-bond acceptors (Lipinski definition) is 6. The zero-order valence-corrected chi connectivity index (χ0v) is 18.8. The molecule has 3 rings (SSSR count). The van der Waals surface area contributed by atoms with Crippen LogP contribution in [0.5, 0.6) is 0 Å². The molecule has 1 fully saturated rings. The summed E-state index contributed by atoms with van der Waals surface area (Å²) in [5, 5.41) is 0. The maximum absolute atomic E-state index is 12.4. The van der Waals surface area contributed by atoms with Gasteiger partial charge in [-0.2, -0.15) is 0 Å². The molecule has 0 bridgehead atoms. The minimum atomic E-state index is -3.41. The van der Waals surface area contributed by atoms with Crippen molar-refractivity contribution in [1.29, 1.82) is 0 Å². The van der Waals surface area contributed by atoms with Crippen LogP contribution in [0.15, 0.2) is 35.2 Å². The largest absolute Gasteiger partial charge is 0.354 e. The first-order chi connectivity index (χ1) is 13.7. The molecule has 2 heterocycles. The predicted octanol–water partition coefficient (Wildman–Crippen LogP) is 2.48. The Bertz CT molecular complexity index is 951. The lowest BCUT2D eigenvalue weighted by molar-refractivity contribution is 0.249. The highest BCUT2D eigenvalue weighted by atomic mass is 32.2. The van der Waals surface area contributed by atoms with Crippen molar-refractivity contribution in [2.75, 3.05) is 45.2 Å². The normalized spacial score (nSPS) is 16.0. The molecule has 0 saturated carbocycles. The van der Waals surface area contributed by atoms with Crippen LogP contribution in [0.4, 0.5) is 5.82 Å². The van der Waals surface area contributed by atoms with E-state index in [1.54, 1.807) is 26.2 Å². The van der Waals surface area contributed by atoms with Crippen LogP contribution in [0.3, 0.4) is 0 Å². The lowest BCUT2D eigenvalue weighted by Gasteiger charge is -2.35. The van der Waals surface area contributed by atoms with Crippen molar-refractivity contribution in [3.05, 3.63) is 47.4 Å². The van der Waals surface area contributed by atoms with Gasteiger partial charge in [-0.25, -0.2) is 22.7 Å². The molecule has 0 aliphatic carbocycles. The quantitative estimate of drug-likeness (QED) is 0.719. The molecule has 0 spiro atoms. The Hall–Kier alpha value is -2.03. The standard InChI is InChI=1S/C21H31N5O2S/c1-16(2)21-22-17(3)13-20(23-21)26-11-9-25(10-12-26)15-18-7-6-8-19(14-18)29(27,28)24(4)5/h6-8,13-14,16H,9-12,15H2,1-5H3. The number of sulfonamides is 1. The molecule has 158 valence electrons. The van der Waals surface area contributed by atoms with E-state index in [1.807, 2.05) is 19.1 Å². The second-order valence-corrected chi connectivity index (χ2v) is 10.2. The van der Waals surface area contributed by atoms with Gasteiger partial charge in [-0.05, 0) is 24.6 Å². The lowest BCUT2D eigenvalue weighted by atomic mass is 10.2. The molecule has 0 unspecified atom stereocenters. The Morgan fingerprint density at radius 1 is 1.07 bits per heavy atom. The van der Waals surface area contributed by atoms with Crippen molar-refractivity contribution in [2.24, 2.45) is 0 Å². The van der Waals surface area contributed by atoms with E-state index in [2.05, 4.69) is 34.7 Å². The fraction of sp³-hybridized carbons (Fsp3) is 0.524. The summed E-state index contributed by atoms with van der Waals surface area (Å²) in [6.07, 6.45) is 0. The number of piperazine rings is 1. The Morgan fingerprint density at radius 3 is 2.38 bits per heavy atom. The molecule has 0 amide bonds. The molecule has 1 aromatic heterocycles. The van der Waals surface area contributed by atoms with Gasteiger partial charge in [0, 0.05) is 64.5 Å². The van der Waals surface area contributed by atoms with Crippen molar-refractivity contribution in [3.8, 4) is 0 Å². The summed E-state index contributed by atoms with van der Waals surface area (Å²) in [4.78, 5) is 14.3. The van der Waals surface area contributed by atoms with Crippen molar-refractivity contribution in [2.45, 2.75) is 38.1 Å². The van der Waals surface area contributed by atoms with E-state index in [0.29, 0.717) is 10.8 Å². The molecule has 1 aromatic carbocycles. The first-order valence-corrected chi connectivity index (χ1v) is 11.4. The molecular formula is C21H31N5O2S. The fourth-order valence-electron chi connectivity index (χ4n) is 3.40. The van der Waals surface area contributed by atoms with Gasteiger partial charge in [-0.3, -0.25) is 4.90 Å². The maximum Gasteiger partial charge on any atom is 0.242 e. The van der Waals surface area contributed by atoms with E-state index in [-0.39, 0.29) is 0 Å². The molecule has 1 saturated heterocycles. The van der Waals surface area contributed by atoms with Gasteiger partial charge in [0.15, 0.2) is 0 Å². The summed E-state index contributed by atoms with van der Waals surface area (Å²) < 4.78 is 26.0. The van der Waals surface area contributed by atoms with Crippen LogP contribution >= 0.6 is 0 Å². The van der Waals surface area contributed by atoms with Gasteiger partial charge in [-0.15, -0.1) is 0 Å². The monoisotopic (exact) mass is 417 g/mol. The van der Waals surface area contributed by atoms with Gasteiger partial charge >= 0.3 is 0 Å². The second kappa shape index (κ2) is 8.77. The van der Waals surface area contributed by atoms with Crippen LogP contribution in [-0.2, 0) is 16.6 Å². The zero-order chi connectivity index (χ0) is 21.2. The molecule has 1 aliphatic rings. The maximum atomic E-state index is 12.4. The third-order valence-electron chi connectivity index (χ3n) is 5.15. The molecule has 1 aliphatic heterocycles. The summed E-state index contributed by atoms with van der Waals surface area (Å²) >= 11 is 0. The van der Waals surface area contributed by atoms with E-state index < -0.39 is 10.0 Å². The van der Waals surface area contributed by atoms with Gasteiger partial charge in [0.05, 0.1) is 4.90 Å². The number of aryl methyl sites for hydroxylation is 1. The molecule has 8 heteroatoms.